The van der Waals surface area contributed by atoms with Crippen LogP contribution in [0.2, 0.25) is 0 Å². The molecule has 0 amide bonds. The van der Waals surface area contributed by atoms with Crippen LogP contribution >= 0.6 is 0 Å². The number of aryl methyl sites for hydroxylation is 1. The van der Waals surface area contributed by atoms with Crippen LogP contribution in [0.5, 0.6) is 0 Å². The molecule has 2 aromatic heterocycles. The molecule has 10 heteroatoms. The zero-order valence-corrected chi connectivity index (χ0v) is 15.1. The molecule has 1 saturated heterocycles. The van der Waals surface area contributed by atoms with E-state index < -0.39 is 24.0 Å². The molecule has 2 atom stereocenters. The van der Waals surface area contributed by atoms with Gasteiger partial charge in [-0.3, -0.25) is 4.90 Å². The van der Waals surface area contributed by atoms with E-state index in [9.17, 15) is 17.6 Å². The number of benzene rings is 1. The number of hydrogen-bond donors (Lipinski definition) is 1. The normalized spacial score (nSPS) is 21.0. The van der Waals surface area contributed by atoms with Gasteiger partial charge in [0.05, 0.1) is 23.1 Å². The number of aromatic amines is 1. The van der Waals surface area contributed by atoms with Gasteiger partial charge in [-0.15, -0.1) is 0 Å². The first-order valence-corrected chi connectivity index (χ1v) is 8.79. The number of halogens is 4. The molecule has 150 valence electrons. The summed E-state index contributed by atoms with van der Waals surface area (Å²) in [6.45, 7) is 1.17. The van der Waals surface area contributed by atoms with E-state index in [1.165, 1.54) is 6.07 Å². The third-order valence-electron chi connectivity index (χ3n) is 4.85. The monoisotopic (exact) mass is 397 g/mol. The minimum absolute atomic E-state index is 0.00262. The molecule has 1 N–H and O–H groups in total. The lowest BCUT2D eigenvalue weighted by Gasteiger charge is -2.15. The van der Waals surface area contributed by atoms with Gasteiger partial charge in [-0.2, -0.15) is 13.2 Å². The van der Waals surface area contributed by atoms with Crippen molar-refractivity contribution in [3.05, 3.63) is 47.8 Å². The Kier molecular flexibility index (Phi) is 4.84. The van der Waals surface area contributed by atoms with E-state index in [1.807, 2.05) is 22.7 Å². The summed E-state index contributed by atoms with van der Waals surface area (Å²) in [5, 5.41) is 0. The Bertz CT molecular complexity index is 966. The Morgan fingerprint density at radius 2 is 2.11 bits per heavy atom. The second-order valence-corrected chi connectivity index (χ2v) is 6.93. The first kappa shape index (κ1) is 18.9. The summed E-state index contributed by atoms with van der Waals surface area (Å²) in [5.41, 5.74) is -0.0695. The summed E-state index contributed by atoms with van der Waals surface area (Å²) in [4.78, 5) is 13.2. The molecule has 3 heterocycles. The molecule has 0 bridgehead atoms. The molecule has 3 aromatic rings. The van der Waals surface area contributed by atoms with Gasteiger partial charge in [0, 0.05) is 32.5 Å². The third kappa shape index (κ3) is 3.88. The first-order chi connectivity index (χ1) is 13.3. The smallest absolute Gasteiger partial charge is 0.366 e. The average Bonchev–Trinajstić information content (AvgIpc) is 3.31. The van der Waals surface area contributed by atoms with Gasteiger partial charge < -0.3 is 14.3 Å². The lowest BCUT2D eigenvalue weighted by molar-refractivity contribution is -0.137. The number of nitrogens with zero attached hydrogens (tertiary/aromatic N) is 4. The quantitative estimate of drug-likeness (QED) is 0.673. The summed E-state index contributed by atoms with van der Waals surface area (Å²) < 4.78 is 60.2. The molecule has 1 aliphatic rings. The van der Waals surface area contributed by atoms with Crippen molar-refractivity contribution >= 4 is 11.0 Å². The zero-order chi connectivity index (χ0) is 19.9. The van der Waals surface area contributed by atoms with Crippen molar-refractivity contribution in [2.45, 2.75) is 31.6 Å². The number of likely N-dealkylation sites (tertiary alicyclic amines) is 1. The minimum Gasteiger partial charge on any atom is -0.366 e. The molecule has 1 aliphatic heterocycles. The summed E-state index contributed by atoms with van der Waals surface area (Å²) in [7, 11) is 1.88. The van der Waals surface area contributed by atoms with E-state index in [4.69, 9.17) is 4.74 Å². The van der Waals surface area contributed by atoms with Gasteiger partial charge in [-0.05, 0) is 18.2 Å². The standard InChI is InChI=1S/C18H19F4N5O/c1-26-5-4-23-17(26)9-27-7-12(19)15(8-27)28-10-16-24-13-3-2-11(18(20,21)22)6-14(13)25-16/h2-6,12,15H,7-10H2,1H3,(H,24,25)/t12-,15+/m1/s1. The molecule has 0 saturated carbocycles. The molecule has 0 unspecified atom stereocenters. The van der Waals surface area contributed by atoms with Crippen molar-refractivity contribution in [2.24, 2.45) is 7.05 Å². The van der Waals surface area contributed by atoms with E-state index in [-0.39, 0.29) is 18.7 Å². The van der Waals surface area contributed by atoms with E-state index in [0.717, 1.165) is 18.0 Å². The largest absolute Gasteiger partial charge is 0.416 e. The van der Waals surface area contributed by atoms with Gasteiger partial charge in [0.15, 0.2) is 0 Å². The molecular formula is C18H19F4N5O. The number of aromatic nitrogens is 4. The number of rotatable bonds is 5. The third-order valence-corrected chi connectivity index (χ3v) is 4.85. The van der Waals surface area contributed by atoms with E-state index in [1.54, 1.807) is 6.20 Å². The highest BCUT2D eigenvalue weighted by molar-refractivity contribution is 5.76. The van der Waals surface area contributed by atoms with Crippen LogP contribution in [0.15, 0.2) is 30.6 Å². The summed E-state index contributed by atoms with van der Waals surface area (Å²) >= 11 is 0. The van der Waals surface area contributed by atoms with Gasteiger partial charge in [-0.1, -0.05) is 0 Å². The van der Waals surface area contributed by atoms with E-state index in [0.29, 0.717) is 24.4 Å². The first-order valence-electron chi connectivity index (χ1n) is 8.79. The van der Waals surface area contributed by atoms with Crippen molar-refractivity contribution in [3.8, 4) is 0 Å². The number of hydrogen-bond acceptors (Lipinski definition) is 4. The van der Waals surface area contributed by atoms with Crippen LogP contribution in [-0.4, -0.2) is 49.8 Å². The number of nitrogens with one attached hydrogen (secondary N) is 1. The van der Waals surface area contributed by atoms with Crippen LogP contribution in [0.3, 0.4) is 0 Å². The fraction of sp³-hybridized carbons (Fsp3) is 0.444. The van der Waals surface area contributed by atoms with Crippen LogP contribution in [0.25, 0.3) is 11.0 Å². The predicted octanol–water partition coefficient (Wildman–Crippen LogP) is 3.05. The van der Waals surface area contributed by atoms with Gasteiger partial charge >= 0.3 is 6.18 Å². The van der Waals surface area contributed by atoms with E-state index >= 15 is 0 Å². The number of alkyl halides is 4. The molecule has 28 heavy (non-hydrogen) atoms. The topological polar surface area (TPSA) is 59.0 Å². The Labute approximate surface area is 158 Å². The van der Waals surface area contributed by atoms with Crippen LogP contribution < -0.4 is 0 Å². The number of ether oxygens (including phenoxy) is 1. The lowest BCUT2D eigenvalue weighted by atomic mass is 10.2. The lowest BCUT2D eigenvalue weighted by Crippen LogP contribution is -2.25. The van der Waals surface area contributed by atoms with Crippen molar-refractivity contribution in [3.63, 3.8) is 0 Å². The fourth-order valence-corrected chi connectivity index (χ4v) is 3.34. The second-order valence-electron chi connectivity index (χ2n) is 6.93. The Morgan fingerprint density at radius 1 is 1.29 bits per heavy atom. The maximum atomic E-state index is 14.3. The SMILES string of the molecule is Cn1ccnc1CN1C[C@@H](F)[C@@H](OCc2nc3ccc(C(F)(F)F)cc3[nH]2)C1. The highest BCUT2D eigenvalue weighted by Crippen LogP contribution is 2.31. The second kappa shape index (κ2) is 7.17. The molecule has 0 radical (unpaired) electrons. The summed E-state index contributed by atoms with van der Waals surface area (Å²) in [6, 6.07) is 3.30. The van der Waals surface area contributed by atoms with Crippen molar-refractivity contribution < 1.29 is 22.3 Å². The molecule has 6 nitrogen and oxygen atoms in total. The van der Waals surface area contributed by atoms with Gasteiger partial charge in [0.2, 0.25) is 0 Å². The molecule has 1 aromatic carbocycles. The average molecular weight is 397 g/mol. The zero-order valence-electron chi connectivity index (χ0n) is 15.1. The molecular weight excluding hydrogens is 378 g/mol. The minimum atomic E-state index is -4.42. The summed E-state index contributed by atoms with van der Waals surface area (Å²) in [5.74, 6) is 1.20. The van der Waals surface area contributed by atoms with Crippen molar-refractivity contribution in [1.82, 2.24) is 24.4 Å². The number of fused-ring (bicyclic) bond motifs is 1. The van der Waals surface area contributed by atoms with Crippen molar-refractivity contribution in [1.29, 1.82) is 0 Å². The Balaban J connectivity index is 1.38. The Morgan fingerprint density at radius 3 is 2.82 bits per heavy atom. The van der Waals surface area contributed by atoms with Crippen LogP contribution in [0, 0.1) is 0 Å². The van der Waals surface area contributed by atoms with E-state index in [2.05, 4.69) is 15.0 Å². The highest BCUT2D eigenvalue weighted by Gasteiger charge is 2.34. The number of H-pyrrole nitrogens is 1. The maximum Gasteiger partial charge on any atom is 0.416 e. The van der Waals surface area contributed by atoms with Crippen LogP contribution in [0.1, 0.15) is 17.2 Å². The number of imidazole rings is 2. The fourth-order valence-electron chi connectivity index (χ4n) is 3.34. The molecule has 0 aliphatic carbocycles. The van der Waals surface area contributed by atoms with Crippen LogP contribution in [-0.2, 0) is 31.1 Å². The highest BCUT2D eigenvalue weighted by atomic mass is 19.4. The van der Waals surface area contributed by atoms with Gasteiger partial charge in [0.1, 0.15) is 30.5 Å². The van der Waals surface area contributed by atoms with Crippen molar-refractivity contribution in [2.75, 3.05) is 13.1 Å². The summed E-state index contributed by atoms with van der Waals surface area (Å²) in [6.07, 6.45) is -2.67. The predicted molar refractivity (Wildman–Crippen MR) is 93.1 cm³/mol. The molecule has 0 spiro atoms. The Hall–Kier alpha value is -2.46. The molecule has 1 fully saturated rings. The van der Waals surface area contributed by atoms with Gasteiger partial charge in [-0.25, -0.2) is 14.4 Å². The molecule has 4 rings (SSSR count). The van der Waals surface area contributed by atoms with Gasteiger partial charge in [0.25, 0.3) is 0 Å². The maximum absolute atomic E-state index is 14.3. The van der Waals surface area contributed by atoms with Crippen LogP contribution in [0.4, 0.5) is 17.6 Å².